The summed E-state index contributed by atoms with van der Waals surface area (Å²) in [5.41, 5.74) is 0.537. The summed E-state index contributed by atoms with van der Waals surface area (Å²) in [6, 6.07) is 8.09. The normalized spacial score (nSPS) is 11.9. The second-order valence-corrected chi connectivity index (χ2v) is 5.76. The van der Waals surface area contributed by atoms with Crippen LogP contribution >= 0.6 is 11.3 Å². The first-order chi connectivity index (χ1) is 10.5. The number of carbonyl (C=O) groups excluding carboxylic acids is 1. The number of hydrogen-bond acceptors (Lipinski definition) is 5. The van der Waals surface area contributed by atoms with Gasteiger partial charge in [-0.3, -0.25) is 14.9 Å². The lowest BCUT2D eigenvalue weighted by atomic mass is 10.1. The van der Waals surface area contributed by atoms with E-state index in [1.165, 1.54) is 23.5 Å². The van der Waals surface area contributed by atoms with E-state index >= 15 is 0 Å². The van der Waals surface area contributed by atoms with Crippen molar-refractivity contribution in [3.63, 3.8) is 0 Å². The van der Waals surface area contributed by atoms with Crippen LogP contribution in [0.2, 0.25) is 0 Å². The maximum atomic E-state index is 12.1. The molecule has 1 aromatic heterocycles. The van der Waals surface area contributed by atoms with Crippen LogP contribution in [0.25, 0.3) is 0 Å². The zero-order chi connectivity index (χ0) is 16.1. The van der Waals surface area contributed by atoms with Gasteiger partial charge in [0.15, 0.2) is 0 Å². The Balaban J connectivity index is 1.95. The third-order valence-corrected chi connectivity index (χ3v) is 4.30. The minimum atomic E-state index is -0.619. The maximum absolute atomic E-state index is 12.1. The Morgan fingerprint density at radius 3 is 2.82 bits per heavy atom. The molecular weight excluding hydrogens is 304 g/mol. The van der Waals surface area contributed by atoms with Crippen molar-refractivity contribution in [2.75, 3.05) is 6.54 Å². The SMILES string of the molecule is Cc1c(C(=O)NCCC(O)c2cccs2)cccc1[N+](=O)[O-]. The van der Waals surface area contributed by atoms with Crippen LogP contribution in [-0.4, -0.2) is 22.5 Å². The highest BCUT2D eigenvalue weighted by atomic mass is 32.1. The monoisotopic (exact) mass is 320 g/mol. The van der Waals surface area contributed by atoms with Crippen LogP contribution in [0.1, 0.15) is 33.3 Å². The number of carbonyl (C=O) groups is 1. The third kappa shape index (κ3) is 3.69. The molecule has 22 heavy (non-hydrogen) atoms. The van der Waals surface area contributed by atoms with Crippen molar-refractivity contribution in [1.29, 1.82) is 0 Å². The smallest absolute Gasteiger partial charge is 0.273 e. The first-order valence-corrected chi connectivity index (χ1v) is 7.62. The van der Waals surface area contributed by atoms with Crippen molar-refractivity contribution in [3.05, 3.63) is 61.8 Å². The van der Waals surface area contributed by atoms with Gasteiger partial charge in [-0.1, -0.05) is 12.1 Å². The average molecular weight is 320 g/mol. The standard InChI is InChI=1S/C15H16N2O4S/c1-10-11(4-2-5-12(10)17(20)21)15(19)16-8-7-13(18)14-6-3-9-22-14/h2-6,9,13,18H,7-8H2,1H3,(H,16,19). The highest BCUT2D eigenvalue weighted by Gasteiger charge is 2.18. The first kappa shape index (κ1) is 16.1. The van der Waals surface area contributed by atoms with E-state index in [1.807, 2.05) is 17.5 Å². The van der Waals surface area contributed by atoms with E-state index < -0.39 is 11.0 Å². The highest BCUT2D eigenvalue weighted by Crippen LogP contribution is 2.22. The average Bonchev–Trinajstić information content (AvgIpc) is 3.01. The number of nitro groups is 1. The van der Waals surface area contributed by atoms with Crippen LogP contribution in [0.3, 0.4) is 0 Å². The highest BCUT2D eigenvalue weighted by molar-refractivity contribution is 7.10. The lowest BCUT2D eigenvalue weighted by Crippen LogP contribution is -2.26. The predicted octanol–water partition coefficient (Wildman–Crippen LogP) is 2.82. The van der Waals surface area contributed by atoms with Crippen LogP contribution in [-0.2, 0) is 0 Å². The molecule has 0 spiro atoms. The van der Waals surface area contributed by atoms with E-state index in [2.05, 4.69) is 5.32 Å². The fourth-order valence-corrected chi connectivity index (χ4v) is 2.85. The van der Waals surface area contributed by atoms with Gasteiger partial charge in [0.1, 0.15) is 0 Å². The van der Waals surface area contributed by atoms with E-state index in [0.29, 0.717) is 18.5 Å². The summed E-state index contributed by atoms with van der Waals surface area (Å²) in [6.07, 6.45) is -0.230. The van der Waals surface area contributed by atoms with E-state index in [1.54, 1.807) is 13.0 Å². The summed E-state index contributed by atoms with van der Waals surface area (Å²) < 4.78 is 0. The number of nitrogens with one attached hydrogen (secondary N) is 1. The van der Waals surface area contributed by atoms with Crippen molar-refractivity contribution in [1.82, 2.24) is 5.32 Å². The molecule has 1 aromatic carbocycles. The zero-order valence-electron chi connectivity index (χ0n) is 12.0. The molecule has 116 valence electrons. The molecule has 2 rings (SSSR count). The molecule has 0 saturated carbocycles. The minimum absolute atomic E-state index is 0.0775. The summed E-state index contributed by atoms with van der Waals surface area (Å²) in [5, 5.41) is 25.4. The summed E-state index contributed by atoms with van der Waals surface area (Å²) in [6.45, 7) is 1.84. The fourth-order valence-electron chi connectivity index (χ4n) is 2.11. The number of aliphatic hydroxyl groups excluding tert-OH is 1. The molecule has 1 amide bonds. The van der Waals surface area contributed by atoms with Gasteiger partial charge in [-0.05, 0) is 30.9 Å². The van der Waals surface area contributed by atoms with Crippen LogP contribution in [0.4, 0.5) is 5.69 Å². The molecule has 0 fully saturated rings. The number of aliphatic hydroxyl groups is 1. The molecule has 1 unspecified atom stereocenters. The lowest BCUT2D eigenvalue weighted by molar-refractivity contribution is -0.385. The summed E-state index contributed by atoms with van der Waals surface area (Å²) >= 11 is 1.46. The molecule has 0 radical (unpaired) electrons. The van der Waals surface area contributed by atoms with Gasteiger partial charge in [0.25, 0.3) is 11.6 Å². The molecule has 1 heterocycles. The van der Waals surface area contributed by atoms with Crippen LogP contribution < -0.4 is 5.32 Å². The summed E-state index contributed by atoms with van der Waals surface area (Å²) in [4.78, 5) is 23.3. The molecule has 2 aromatic rings. The number of nitrogens with zero attached hydrogens (tertiary/aromatic N) is 1. The van der Waals surface area contributed by atoms with Crippen molar-refractivity contribution in [3.8, 4) is 0 Å². The zero-order valence-corrected chi connectivity index (χ0v) is 12.8. The number of thiophene rings is 1. The van der Waals surface area contributed by atoms with Crippen LogP contribution in [0.15, 0.2) is 35.7 Å². The summed E-state index contributed by atoms with van der Waals surface area (Å²) in [5.74, 6) is -0.375. The number of amides is 1. The van der Waals surface area contributed by atoms with Crippen molar-refractivity contribution >= 4 is 22.9 Å². The third-order valence-electron chi connectivity index (χ3n) is 3.32. The molecule has 0 saturated heterocycles. The van der Waals surface area contributed by atoms with Crippen LogP contribution in [0, 0.1) is 17.0 Å². The number of benzene rings is 1. The number of hydrogen-bond donors (Lipinski definition) is 2. The van der Waals surface area contributed by atoms with E-state index in [4.69, 9.17) is 0 Å². The molecular formula is C15H16N2O4S. The second-order valence-electron chi connectivity index (χ2n) is 4.78. The Morgan fingerprint density at radius 1 is 1.41 bits per heavy atom. The van der Waals surface area contributed by atoms with Gasteiger partial charge in [0.2, 0.25) is 0 Å². The topological polar surface area (TPSA) is 92.5 Å². The molecule has 1 atom stereocenters. The second kappa shape index (κ2) is 7.15. The number of rotatable bonds is 6. The van der Waals surface area contributed by atoms with Crippen molar-refractivity contribution < 1.29 is 14.8 Å². The Bertz CT molecular complexity index is 670. The lowest BCUT2D eigenvalue weighted by Gasteiger charge is -2.10. The van der Waals surface area contributed by atoms with Gasteiger partial charge in [0.05, 0.1) is 11.0 Å². The molecule has 2 N–H and O–H groups in total. The van der Waals surface area contributed by atoms with E-state index in [0.717, 1.165) is 4.88 Å². The molecule has 6 nitrogen and oxygen atoms in total. The largest absolute Gasteiger partial charge is 0.388 e. The number of nitro benzene ring substituents is 1. The maximum Gasteiger partial charge on any atom is 0.273 e. The van der Waals surface area contributed by atoms with Gasteiger partial charge >= 0.3 is 0 Å². The van der Waals surface area contributed by atoms with Crippen LogP contribution in [0.5, 0.6) is 0 Å². The fraction of sp³-hybridized carbons (Fsp3) is 0.267. The van der Waals surface area contributed by atoms with E-state index in [-0.39, 0.29) is 17.2 Å². The summed E-state index contributed by atoms with van der Waals surface area (Å²) in [7, 11) is 0. The first-order valence-electron chi connectivity index (χ1n) is 6.74. The van der Waals surface area contributed by atoms with E-state index in [9.17, 15) is 20.0 Å². The Hall–Kier alpha value is -2.25. The molecule has 0 bridgehead atoms. The Kier molecular flexibility index (Phi) is 5.24. The molecule has 7 heteroatoms. The van der Waals surface area contributed by atoms with Crippen molar-refractivity contribution in [2.24, 2.45) is 0 Å². The van der Waals surface area contributed by atoms with Gasteiger partial charge in [-0.15, -0.1) is 11.3 Å². The molecule has 0 aliphatic carbocycles. The minimum Gasteiger partial charge on any atom is -0.388 e. The molecule has 0 aliphatic heterocycles. The van der Waals surface area contributed by atoms with Gasteiger partial charge < -0.3 is 10.4 Å². The molecule has 0 aliphatic rings. The Morgan fingerprint density at radius 2 is 2.18 bits per heavy atom. The van der Waals surface area contributed by atoms with Gasteiger partial charge in [0, 0.05) is 28.6 Å². The van der Waals surface area contributed by atoms with Gasteiger partial charge in [-0.25, -0.2) is 0 Å². The Labute approximate surface area is 131 Å². The quantitative estimate of drug-likeness (QED) is 0.632. The predicted molar refractivity (Wildman–Crippen MR) is 84.1 cm³/mol. The van der Waals surface area contributed by atoms with Gasteiger partial charge in [-0.2, -0.15) is 0 Å². The van der Waals surface area contributed by atoms with Crippen molar-refractivity contribution in [2.45, 2.75) is 19.4 Å².